The zero-order chi connectivity index (χ0) is 17.2. The number of pyridine rings is 1. The van der Waals surface area contributed by atoms with E-state index in [1.54, 1.807) is 6.20 Å². The Morgan fingerprint density at radius 2 is 1.72 bits per heavy atom. The Labute approximate surface area is 154 Å². The Balaban J connectivity index is 1.78. The molecule has 3 nitrogen and oxygen atoms in total. The van der Waals surface area contributed by atoms with Gasteiger partial charge in [-0.3, -0.25) is 14.8 Å². The van der Waals surface area contributed by atoms with E-state index in [1.807, 2.05) is 54.7 Å². The molecule has 0 aliphatic carbocycles. The maximum Gasteiger partial charge on any atom is 0.143 e. The van der Waals surface area contributed by atoms with E-state index in [1.165, 1.54) is 0 Å². The van der Waals surface area contributed by atoms with Crippen LogP contribution in [0.5, 0.6) is 0 Å². The second-order valence-electron chi connectivity index (χ2n) is 6.05. The van der Waals surface area contributed by atoms with Crippen molar-refractivity contribution in [3.05, 3.63) is 82.6 Å². The largest absolute Gasteiger partial charge is 0.299 e. The molecule has 0 saturated heterocycles. The summed E-state index contributed by atoms with van der Waals surface area (Å²) in [5, 5.41) is 0. The Hall–Kier alpha value is -2.59. The van der Waals surface area contributed by atoms with Gasteiger partial charge in [0.1, 0.15) is 5.78 Å². The van der Waals surface area contributed by atoms with E-state index >= 15 is 0 Å². The third-order valence-corrected chi connectivity index (χ3v) is 4.73. The fourth-order valence-corrected chi connectivity index (χ4v) is 3.44. The number of benzene rings is 2. The van der Waals surface area contributed by atoms with Gasteiger partial charge < -0.3 is 0 Å². The van der Waals surface area contributed by atoms with Gasteiger partial charge in [-0.2, -0.15) is 0 Å². The molecule has 0 N–H and O–H groups in total. The van der Waals surface area contributed by atoms with E-state index in [0.29, 0.717) is 12.8 Å². The molecule has 4 heteroatoms. The van der Waals surface area contributed by atoms with E-state index in [4.69, 9.17) is 4.99 Å². The molecule has 0 bridgehead atoms. The monoisotopic (exact) mass is 390 g/mol. The van der Waals surface area contributed by atoms with E-state index in [9.17, 15) is 4.79 Å². The second-order valence-corrected chi connectivity index (χ2v) is 6.96. The number of aromatic nitrogens is 1. The first kappa shape index (κ1) is 15.9. The maximum absolute atomic E-state index is 12.4. The van der Waals surface area contributed by atoms with Gasteiger partial charge in [-0.15, -0.1) is 0 Å². The number of hydrogen-bond donors (Lipinski definition) is 0. The molecule has 0 unspecified atom stereocenters. The average Bonchev–Trinajstić information content (AvgIpc) is 2.80. The summed E-state index contributed by atoms with van der Waals surface area (Å²) < 4.78 is 0.969. The summed E-state index contributed by atoms with van der Waals surface area (Å²) in [6.07, 6.45) is 4.37. The van der Waals surface area contributed by atoms with Crippen LogP contribution >= 0.6 is 15.9 Å². The molecule has 2 heterocycles. The lowest BCUT2D eigenvalue weighted by atomic mass is 9.99. The van der Waals surface area contributed by atoms with Gasteiger partial charge in [-0.1, -0.05) is 40.2 Å². The number of nitrogens with zero attached hydrogens (tertiary/aromatic N) is 2. The number of aliphatic imine (C=N–C) groups is 1. The van der Waals surface area contributed by atoms with Gasteiger partial charge in [0.05, 0.1) is 11.4 Å². The number of halogens is 1. The summed E-state index contributed by atoms with van der Waals surface area (Å²) in [5.41, 5.74) is 5.76. The lowest BCUT2D eigenvalue weighted by Crippen LogP contribution is -2.09. The summed E-state index contributed by atoms with van der Waals surface area (Å²) in [6.45, 7) is 0. The molecule has 4 rings (SSSR count). The van der Waals surface area contributed by atoms with E-state index in [-0.39, 0.29) is 5.78 Å². The van der Waals surface area contributed by atoms with Crippen molar-refractivity contribution in [1.29, 1.82) is 0 Å². The van der Waals surface area contributed by atoms with Crippen LogP contribution in [0.25, 0.3) is 11.1 Å². The summed E-state index contributed by atoms with van der Waals surface area (Å²) in [7, 11) is 0. The van der Waals surface area contributed by atoms with Crippen molar-refractivity contribution in [1.82, 2.24) is 4.98 Å². The zero-order valence-electron chi connectivity index (χ0n) is 13.4. The number of Topliss-reactive ketones (excluding diaryl/α,β-unsaturated/α-hetero) is 1. The fourth-order valence-electron chi connectivity index (χ4n) is 3.03. The van der Waals surface area contributed by atoms with Crippen LogP contribution in [0.1, 0.15) is 17.5 Å². The van der Waals surface area contributed by atoms with Crippen LogP contribution in [0.4, 0.5) is 5.69 Å². The van der Waals surface area contributed by atoms with Crippen LogP contribution in [0.15, 0.2) is 76.5 Å². The van der Waals surface area contributed by atoms with Gasteiger partial charge in [0, 0.05) is 35.3 Å². The van der Waals surface area contributed by atoms with Crippen molar-refractivity contribution in [3.8, 4) is 11.1 Å². The molecule has 1 aliphatic heterocycles. The van der Waals surface area contributed by atoms with Gasteiger partial charge >= 0.3 is 0 Å². The Bertz CT molecular complexity index is 980. The highest BCUT2D eigenvalue weighted by Crippen LogP contribution is 2.29. The van der Waals surface area contributed by atoms with Gasteiger partial charge in [-0.05, 0) is 47.0 Å². The topological polar surface area (TPSA) is 42.3 Å². The van der Waals surface area contributed by atoms with Crippen LogP contribution in [-0.4, -0.2) is 16.5 Å². The highest BCUT2D eigenvalue weighted by atomic mass is 79.9. The predicted octanol–water partition coefficient (Wildman–Crippen LogP) is 5.15. The van der Waals surface area contributed by atoms with Crippen LogP contribution < -0.4 is 0 Å². The number of carbonyl (C=O) groups excluding carboxylic acids is 1. The van der Waals surface area contributed by atoms with Crippen LogP contribution in [0.3, 0.4) is 0 Å². The molecule has 2 aromatic carbocycles. The van der Waals surface area contributed by atoms with Crippen molar-refractivity contribution in [2.24, 2.45) is 4.99 Å². The smallest absolute Gasteiger partial charge is 0.143 e. The van der Waals surface area contributed by atoms with Crippen molar-refractivity contribution < 1.29 is 4.79 Å². The van der Waals surface area contributed by atoms with E-state index < -0.39 is 0 Å². The van der Waals surface area contributed by atoms with Crippen LogP contribution in [0.2, 0.25) is 0 Å². The molecule has 0 spiro atoms. The first-order chi connectivity index (χ1) is 12.2. The number of fused-ring (bicyclic) bond motifs is 1. The predicted molar refractivity (Wildman–Crippen MR) is 103 cm³/mol. The molecular weight excluding hydrogens is 376 g/mol. The third-order valence-electron chi connectivity index (χ3n) is 4.24. The molecule has 0 saturated carbocycles. The van der Waals surface area contributed by atoms with Crippen molar-refractivity contribution in [3.63, 3.8) is 0 Å². The van der Waals surface area contributed by atoms with E-state index in [0.717, 1.165) is 38.1 Å². The van der Waals surface area contributed by atoms with Gasteiger partial charge in [0.2, 0.25) is 0 Å². The molecule has 3 aromatic rings. The van der Waals surface area contributed by atoms with Crippen molar-refractivity contribution in [2.75, 3.05) is 0 Å². The van der Waals surface area contributed by atoms with E-state index in [2.05, 4.69) is 27.0 Å². The van der Waals surface area contributed by atoms with Gasteiger partial charge in [-0.25, -0.2) is 0 Å². The maximum atomic E-state index is 12.4. The third kappa shape index (κ3) is 3.44. The minimum absolute atomic E-state index is 0.183. The quantitative estimate of drug-likeness (QED) is 0.607. The summed E-state index contributed by atoms with van der Waals surface area (Å²) in [5.74, 6) is 0.183. The van der Waals surface area contributed by atoms with Gasteiger partial charge in [0.15, 0.2) is 0 Å². The van der Waals surface area contributed by atoms with Crippen molar-refractivity contribution >= 4 is 33.1 Å². The normalized spacial score (nSPS) is 13.8. The molecule has 0 radical (unpaired) electrons. The summed E-state index contributed by atoms with van der Waals surface area (Å²) >= 11 is 3.47. The number of rotatable bonds is 2. The summed E-state index contributed by atoms with van der Waals surface area (Å²) in [4.78, 5) is 21.4. The molecule has 0 fully saturated rings. The molecule has 1 aromatic heterocycles. The lowest BCUT2D eigenvalue weighted by Gasteiger charge is -2.07. The highest BCUT2D eigenvalue weighted by Gasteiger charge is 2.18. The minimum atomic E-state index is 0.183. The summed E-state index contributed by atoms with van der Waals surface area (Å²) in [6, 6.07) is 18.0. The van der Waals surface area contributed by atoms with Crippen molar-refractivity contribution in [2.45, 2.75) is 12.8 Å². The first-order valence-corrected chi connectivity index (χ1v) is 8.87. The Morgan fingerprint density at radius 1 is 0.880 bits per heavy atom. The Kier molecular flexibility index (Phi) is 4.28. The highest BCUT2D eigenvalue weighted by molar-refractivity contribution is 9.10. The SMILES string of the molecule is O=C1CC(c2cccc(-c3cccnc3)c2)=Nc2ccc(Br)cc2C1. The molecular formula is C21H15BrN2O. The zero-order valence-corrected chi connectivity index (χ0v) is 15.0. The Morgan fingerprint density at radius 3 is 2.56 bits per heavy atom. The number of hydrogen-bond acceptors (Lipinski definition) is 3. The molecule has 0 amide bonds. The average molecular weight is 391 g/mol. The lowest BCUT2D eigenvalue weighted by molar-refractivity contribution is -0.117. The first-order valence-electron chi connectivity index (χ1n) is 8.07. The minimum Gasteiger partial charge on any atom is -0.299 e. The van der Waals surface area contributed by atoms with Crippen LogP contribution in [-0.2, 0) is 11.2 Å². The molecule has 0 atom stereocenters. The fraction of sp³-hybridized carbons (Fsp3) is 0.0952. The number of carbonyl (C=O) groups is 1. The number of ketones is 1. The molecule has 25 heavy (non-hydrogen) atoms. The van der Waals surface area contributed by atoms with Gasteiger partial charge in [0.25, 0.3) is 0 Å². The molecule has 122 valence electrons. The second kappa shape index (κ2) is 6.73. The van der Waals surface area contributed by atoms with Crippen LogP contribution in [0, 0.1) is 0 Å². The molecule has 1 aliphatic rings. The standard InChI is InChI=1S/C21H15BrN2O/c22-18-6-7-20-17(10-18)11-19(25)12-21(24-20)15-4-1-3-14(9-15)16-5-2-8-23-13-16/h1-10,13H,11-12H2.